The maximum absolute atomic E-state index is 4.57. The van der Waals surface area contributed by atoms with E-state index < -0.39 is 0 Å². The van der Waals surface area contributed by atoms with Crippen molar-refractivity contribution >= 4 is 11.3 Å². The number of thiophene rings is 1. The zero-order valence-corrected chi connectivity index (χ0v) is 12.1. The molecule has 4 heteroatoms. The third-order valence-electron chi connectivity index (χ3n) is 3.11. The lowest BCUT2D eigenvalue weighted by Gasteiger charge is -2.08. The van der Waals surface area contributed by atoms with E-state index in [4.69, 9.17) is 0 Å². The van der Waals surface area contributed by atoms with Crippen molar-refractivity contribution in [1.29, 1.82) is 0 Å². The Labute approximate surface area is 113 Å². The normalized spacial score (nSPS) is 12.8. The van der Waals surface area contributed by atoms with Gasteiger partial charge >= 0.3 is 0 Å². The number of hydrogen-bond donors (Lipinski definition) is 1. The first-order valence-corrected chi connectivity index (χ1v) is 7.30. The number of aryl methyl sites for hydroxylation is 1. The molecule has 1 unspecified atom stereocenters. The molecule has 2 heterocycles. The standard InChI is InChI=1S/C14H21N3S/c1-4-11(2)17-8-7-13(16-17)9-15-10-14-6-5-12(3)18-14/h5-8,11,15H,4,9-10H2,1-3H3. The third kappa shape index (κ3) is 3.43. The summed E-state index contributed by atoms with van der Waals surface area (Å²) in [7, 11) is 0. The molecule has 0 radical (unpaired) electrons. The van der Waals surface area contributed by atoms with Crippen molar-refractivity contribution in [3.63, 3.8) is 0 Å². The number of nitrogens with one attached hydrogen (secondary N) is 1. The zero-order valence-electron chi connectivity index (χ0n) is 11.3. The third-order valence-corrected chi connectivity index (χ3v) is 4.11. The van der Waals surface area contributed by atoms with Crippen molar-refractivity contribution in [3.8, 4) is 0 Å². The van der Waals surface area contributed by atoms with Gasteiger partial charge in [-0.25, -0.2) is 0 Å². The van der Waals surface area contributed by atoms with Crippen LogP contribution in [-0.4, -0.2) is 9.78 Å². The molecule has 0 aliphatic heterocycles. The Balaban J connectivity index is 1.81. The minimum atomic E-state index is 0.485. The Kier molecular flexibility index (Phi) is 4.55. The van der Waals surface area contributed by atoms with Gasteiger partial charge in [0.25, 0.3) is 0 Å². The van der Waals surface area contributed by atoms with Crippen LogP contribution in [0, 0.1) is 6.92 Å². The van der Waals surface area contributed by atoms with Gasteiger partial charge in [-0.1, -0.05) is 6.92 Å². The first-order chi connectivity index (χ1) is 8.69. The van der Waals surface area contributed by atoms with Crippen LogP contribution in [0.15, 0.2) is 24.4 Å². The molecular weight excluding hydrogens is 242 g/mol. The van der Waals surface area contributed by atoms with Crippen LogP contribution < -0.4 is 5.32 Å². The fraction of sp³-hybridized carbons (Fsp3) is 0.500. The molecule has 18 heavy (non-hydrogen) atoms. The maximum Gasteiger partial charge on any atom is 0.0762 e. The van der Waals surface area contributed by atoms with Gasteiger partial charge in [-0.3, -0.25) is 4.68 Å². The van der Waals surface area contributed by atoms with Gasteiger partial charge in [0.15, 0.2) is 0 Å². The second-order valence-electron chi connectivity index (χ2n) is 4.66. The molecule has 0 fully saturated rings. The van der Waals surface area contributed by atoms with E-state index >= 15 is 0 Å². The maximum atomic E-state index is 4.57. The minimum Gasteiger partial charge on any atom is -0.306 e. The molecule has 98 valence electrons. The number of aromatic nitrogens is 2. The van der Waals surface area contributed by atoms with Crippen molar-refractivity contribution in [3.05, 3.63) is 39.8 Å². The van der Waals surface area contributed by atoms with Crippen LogP contribution in [0.1, 0.15) is 41.8 Å². The van der Waals surface area contributed by atoms with Crippen molar-refractivity contribution in [2.45, 2.75) is 46.3 Å². The van der Waals surface area contributed by atoms with E-state index in [-0.39, 0.29) is 0 Å². The van der Waals surface area contributed by atoms with E-state index in [1.807, 2.05) is 16.0 Å². The SMILES string of the molecule is CCC(C)n1ccc(CNCc2ccc(C)s2)n1. The lowest BCUT2D eigenvalue weighted by atomic mass is 10.3. The molecule has 1 atom stereocenters. The molecular formula is C14H21N3S. The van der Waals surface area contributed by atoms with Gasteiger partial charge in [-0.15, -0.1) is 11.3 Å². The van der Waals surface area contributed by atoms with Gasteiger partial charge in [0.05, 0.1) is 5.69 Å². The highest BCUT2D eigenvalue weighted by atomic mass is 32.1. The average molecular weight is 263 g/mol. The molecule has 1 N–H and O–H groups in total. The van der Waals surface area contributed by atoms with Crippen LogP contribution in [0.3, 0.4) is 0 Å². The van der Waals surface area contributed by atoms with E-state index in [1.54, 1.807) is 0 Å². The number of hydrogen-bond acceptors (Lipinski definition) is 3. The predicted molar refractivity (Wildman–Crippen MR) is 76.8 cm³/mol. The Bertz CT molecular complexity index is 487. The second-order valence-corrected chi connectivity index (χ2v) is 6.03. The quantitative estimate of drug-likeness (QED) is 0.864. The predicted octanol–water partition coefficient (Wildman–Crippen LogP) is 3.51. The van der Waals surface area contributed by atoms with Crippen molar-refractivity contribution in [2.24, 2.45) is 0 Å². The van der Waals surface area contributed by atoms with Crippen LogP contribution in [-0.2, 0) is 13.1 Å². The van der Waals surface area contributed by atoms with Crippen LogP contribution in [0.2, 0.25) is 0 Å². The fourth-order valence-corrected chi connectivity index (χ4v) is 2.66. The molecule has 2 rings (SSSR count). The molecule has 0 amide bonds. The summed E-state index contributed by atoms with van der Waals surface area (Å²) in [6, 6.07) is 6.93. The molecule has 2 aromatic heterocycles. The van der Waals surface area contributed by atoms with Crippen molar-refractivity contribution < 1.29 is 0 Å². The largest absolute Gasteiger partial charge is 0.306 e. The summed E-state index contributed by atoms with van der Waals surface area (Å²) < 4.78 is 2.05. The van der Waals surface area contributed by atoms with Gasteiger partial charge in [-0.05, 0) is 38.5 Å². The summed E-state index contributed by atoms with van der Waals surface area (Å²) in [6.07, 6.45) is 3.18. The monoisotopic (exact) mass is 263 g/mol. The summed E-state index contributed by atoms with van der Waals surface area (Å²) in [4.78, 5) is 2.75. The van der Waals surface area contributed by atoms with Gasteiger partial charge in [-0.2, -0.15) is 5.10 Å². The van der Waals surface area contributed by atoms with Gasteiger partial charge in [0.2, 0.25) is 0 Å². The van der Waals surface area contributed by atoms with Gasteiger partial charge < -0.3 is 5.32 Å². The Morgan fingerprint density at radius 1 is 1.33 bits per heavy atom. The molecule has 0 spiro atoms. The van der Waals surface area contributed by atoms with Crippen LogP contribution in [0.4, 0.5) is 0 Å². The van der Waals surface area contributed by atoms with E-state index in [9.17, 15) is 0 Å². The molecule has 0 saturated heterocycles. The Morgan fingerprint density at radius 3 is 2.83 bits per heavy atom. The smallest absolute Gasteiger partial charge is 0.0762 e. The van der Waals surface area contributed by atoms with Gasteiger partial charge in [0, 0.05) is 35.1 Å². The first kappa shape index (κ1) is 13.3. The highest BCUT2D eigenvalue weighted by Crippen LogP contribution is 2.14. The summed E-state index contributed by atoms with van der Waals surface area (Å²) >= 11 is 1.85. The highest BCUT2D eigenvalue weighted by molar-refractivity contribution is 7.11. The van der Waals surface area contributed by atoms with Crippen LogP contribution in [0.5, 0.6) is 0 Å². The zero-order chi connectivity index (χ0) is 13.0. The summed E-state index contributed by atoms with van der Waals surface area (Å²) in [5.41, 5.74) is 1.11. The molecule has 0 bridgehead atoms. The number of rotatable bonds is 6. The lowest BCUT2D eigenvalue weighted by Crippen LogP contribution is -2.13. The second kappa shape index (κ2) is 6.16. The molecule has 2 aromatic rings. The van der Waals surface area contributed by atoms with E-state index in [1.165, 1.54) is 9.75 Å². The molecule has 0 aromatic carbocycles. The van der Waals surface area contributed by atoms with E-state index in [0.717, 1.165) is 25.2 Å². The topological polar surface area (TPSA) is 29.9 Å². The van der Waals surface area contributed by atoms with E-state index in [2.05, 4.69) is 55.6 Å². The van der Waals surface area contributed by atoms with Crippen LogP contribution in [0.25, 0.3) is 0 Å². The first-order valence-electron chi connectivity index (χ1n) is 6.49. The average Bonchev–Trinajstić information content (AvgIpc) is 2.98. The summed E-state index contributed by atoms with van der Waals surface area (Å²) in [5, 5.41) is 8.01. The minimum absolute atomic E-state index is 0.485. The summed E-state index contributed by atoms with van der Waals surface area (Å²) in [5.74, 6) is 0. The van der Waals surface area contributed by atoms with Crippen molar-refractivity contribution in [2.75, 3.05) is 0 Å². The molecule has 0 aliphatic carbocycles. The van der Waals surface area contributed by atoms with Gasteiger partial charge in [0.1, 0.15) is 0 Å². The Morgan fingerprint density at radius 2 is 2.17 bits per heavy atom. The van der Waals surface area contributed by atoms with E-state index in [0.29, 0.717) is 6.04 Å². The molecule has 0 aliphatic rings. The van der Waals surface area contributed by atoms with Crippen molar-refractivity contribution in [1.82, 2.24) is 15.1 Å². The highest BCUT2D eigenvalue weighted by Gasteiger charge is 2.04. The fourth-order valence-electron chi connectivity index (χ4n) is 1.80. The molecule has 3 nitrogen and oxygen atoms in total. The molecule has 0 saturated carbocycles. The Hall–Kier alpha value is -1.13. The lowest BCUT2D eigenvalue weighted by molar-refractivity contribution is 0.471. The number of nitrogens with zero attached hydrogens (tertiary/aromatic N) is 2. The summed E-state index contributed by atoms with van der Waals surface area (Å²) in [6.45, 7) is 8.28. The van der Waals surface area contributed by atoms with Crippen LogP contribution >= 0.6 is 11.3 Å².